The SMILES string of the molecule is COc1ccc(NC(=O)N2C[C@H]3[C@@H](c4ccccc42)[C@H](CO)N3C(=O)C2CCCC2)cc1. The number of ether oxygens (including phenoxy) is 1. The van der Waals surface area contributed by atoms with Crippen molar-refractivity contribution in [1.29, 1.82) is 0 Å². The molecular weight excluding hydrogens is 406 g/mol. The molecule has 3 aliphatic rings. The lowest BCUT2D eigenvalue weighted by Crippen LogP contribution is -2.71. The van der Waals surface area contributed by atoms with E-state index in [2.05, 4.69) is 5.32 Å². The first-order valence-electron chi connectivity index (χ1n) is 11.4. The Morgan fingerprint density at radius 2 is 1.81 bits per heavy atom. The summed E-state index contributed by atoms with van der Waals surface area (Å²) in [7, 11) is 1.60. The topological polar surface area (TPSA) is 82.1 Å². The lowest BCUT2D eigenvalue weighted by atomic mass is 9.71. The Morgan fingerprint density at radius 3 is 2.50 bits per heavy atom. The molecule has 2 N–H and O–H groups in total. The first kappa shape index (κ1) is 20.8. The quantitative estimate of drug-likeness (QED) is 0.769. The smallest absolute Gasteiger partial charge is 0.326 e. The van der Waals surface area contributed by atoms with Crippen LogP contribution < -0.4 is 15.0 Å². The Kier molecular flexibility index (Phi) is 5.51. The summed E-state index contributed by atoms with van der Waals surface area (Å²) in [6.45, 7) is 0.352. The summed E-state index contributed by atoms with van der Waals surface area (Å²) in [6.07, 6.45) is 4.01. The highest BCUT2D eigenvalue weighted by atomic mass is 16.5. The number of carbonyl (C=O) groups is 2. The van der Waals surface area contributed by atoms with E-state index >= 15 is 0 Å². The number of nitrogens with one attached hydrogen (secondary N) is 1. The van der Waals surface area contributed by atoms with E-state index in [0.717, 1.165) is 42.7 Å². The van der Waals surface area contributed by atoms with Crippen LogP contribution in [-0.2, 0) is 4.79 Å². The minimum atomic E-state index is -0.234. The summed E-state index contributed by atoms with van der Waals surface area (Å²) in [6, 6.07) is 14.5. The number of anilines is 2. The van der Waals surface area contributed by atoms with E-state index in [9.17, 15) is 14.7 Å². The molecule has 2 fully saturated rings. The van der Waals surface area contributed by atoms with Crippen molar-refractivity contribution in [3.63, 3.8) is 0 Å². The number of nitrogens with zero attached hydrogens (tertiary/aromatic N) is 2. The van der Waals surface area contributed by atoms with Gasteiger partial charge in [-0.1, -0.05) is 31.0 Å². The number of amides is 3. The molecule has 3 atom stereocenters. The number of aliphatic hydroxyl groups is 1. The molecule has 0 spiro atoms. The van der Waals surface area contributed by atoms with Crippen LogP contribution in [0.25, 0.3) is 0 Å². The maximum absolute atomic E-state index is 13.3. The van der Waals surface area contributed by atoms with Crippen molar-refractivity contribution in [3.8, 4) is 5.75 Å². The van der Waals surface area contributed by atoms with Crippen LogP contribution in [0, 0.1) is 5.92 Å². The number of aliphatic hydroxyl groups excluding tert-OH is 1. The van der Waals surface area contributed by atoms with Gasteiger partial charge in [0.25, 0.3) is 0 Å². The van der Waals surface area contributed by atoms with Gasteiger partial charge in [-0.15, -0.1) is 0 Å². The van der Waals surface area contributed by atoms with E-state index in [1.54, 1.807) is 36.3 Å². The fourth-order valence-corrected chi connectivity index (χ4v) is 5.63. The van der Waals surface area contributed by atoms with Crippen LogP contribution in [0.3, 0.4) is 0 Å². The van der Waals surface area contributed by atoms with Crippen LogP contribution in [0.4, 0.5) is 16.2 Å². The van der Waals surface area contributed by atoms with E-state index in [4.69, 9.17) is 4.74 Å². The van der Waals surface area contributed by atoms with Gasteiger partial charge in [0.2, 0.25) is 5.91 Å². The van der Waals surface area contributed by atoms with E-state index in [0.29, 0.717) is 12.2 Å². The number of hydrogen-bond donors (Lipinski definition) is 2. The number of methoxy groups -OCH3 is 1. The number of carbonyl (C=O) groups excluding carboxylic acids is 2. The fraction of sp³-hybridized carbons (Fsp3) is 0.440. The molecule has 2 heterocycles. The molecule has 1 saturated heterocycles. The number of urea groups is 1. The van der Waals surface area contributed by atoms with Crippen molar-refractivity contribution >= 4 is 23.3 Å². The summed E-state index contributed by atoms with van der Waals surface area (Å²) in [5.74, 6) is 0.952. The van der Waals surface area contributed by atoms with Crippen LogP contribution in [-0.4, -0.2) is 54.3 Å². The third kappa shape index (κ3) is 3.41. The third-order valence-electron chi connectivity index (χ3n) is 7.23. The predicted molar refractivity (Wildman–Crippen MR) is 122 cm³/mol. The zero-order valence-electron chi connectivity index (χ0n) is 18.2. The van der Waals surface area contributed by atoms with Gasteiger partial charge in [0.05, 0.1) is 25.8 Å². The maximum Gasteiger partial charge on any atom is 0.326 e. The predicted octanol–water partition coefficient (Wildman–Crippen LogP) is 3.59. The number of likely N-dealkylation sites (tertiary alicyclic amines) is 1. The highest BCUT2D eigenvalue weighted by molar-refractivity contribution is 6.03. The van der Waals surface area contributed by atoms with Gasteiger partial charge >= 0.3 is 6.03 Å². The Hall–Kier alpha value is -3.06. The van der Waals surface area contributed by atoms with Crippen molar-refractivity contribution in [1.82, 2.24) is 4.90 Å². The van der Waals surface area contributed by atoms with E-state index < -0.39 is 0 Å². The number of fused-ring (bicyclic) bond motifs is 3. The minimum Gasteiger partial charge on any atom is -0.497 e. The average molecular weight is 436 g/mol. The zero-order chi connectivity index (χ0) is 22.2. The van der Waals surface area contributed by atoms with E-state index in [1.165, 1.54) is 0 Å². The maximum atomic E-state index is 13.3. The minimum absolute atomic E-state index is 0.0451. The van der Waals surface area contributed by atoms with Crippen molar-refractivity contribution < 1.29 is 19.4 Å². The standard InChI is InChI=1S/C25H29N3O4/c1-32-18-12-10-17(11-13-18)26-25(31)27-14-21-23(19-8-4-5-9-20(19)27)22(15-29)28(21)24(30)16-6-2-3-7-16/h4-5,8-13,16,21-23,29H,2-3,6-7,14-15H2,1H3,(H,26,31)/t21-,22-,23+/m0/s1. The average Bonchev–Trinajstić information content (AvgIpc) is 3.35. The van der Waals surface area contributed by atoms with Crippen LogP contribution in [0.1, 0.15) is 37.2 Å². The number of hydrogen-bond acceptors (Lipinski definition) is 4. The van der Waals surface area contributed by atoms with E-state index in [-0.39, 0.29) is 42.5 Å². The van der Waals surface area contributed by atoms with Crippen molar-refractivity contribution in [2.24, 2.45) is 5.92 Å². The van der Waals surface area contributed by atoms with Crippen LogP contribution >= 0.6 is 0 Å². The second-order valence-electron chi connectivity index (χ2n) is 8.90. The molecule has 0 bridgehead atoms. The zero-order valence-corrected chi connectivity index (χ0v) is 18.2. The highest BCUT2D eigenvalue weighted by Crippen LogP contribution is 2.49. The second kappa shape index (κ2) is 8.47. The van der Waals surface area contributed by atoms with Gasteiger partial charge in [-0.3, -0.25) is 9.69 Å². The molecule has 168 valence electrons. The summed E-state index contributed by atoms with van der Waals surface area (Å²) < 4.78 is 5.19. The largest absolute Gasteiger partial charge is 0.497 e. The molecule has 0 radical (unpaired) electrons. The molecule has 7 nitrogen and oxygen atoms in total. The van der Waals surface area contributed by atoms with Gasteiger partial charge in [-0.2, -0.15) is 0 Å². The molecule has 0 aromatic heterocycles. The number of rotatable bonds is 4. The van der Waals surface area contributed by atoms with Crippen LogP contribution in [0.15, 0.2) is 48.5 Å². The highest BCUT2D eigenvalue weighted by Gasteiger charge is 2.56. The fourth-order valence-electron chi connectivity index (χ4n) is 5.63. The van der Waals surface area contributed by atoms with Crippen molar-refractivity contribution in [2.45, 2.75) is 43.7 Å². The lowest BCUT2D eigenvalue weighted by molar-refractivity contribution is -0.154. The molecule has 2 aromatic rings. The summed E-state index contributed by atoms with van der Waals surface area (Å²) in [5, 5.41) is 13.1. The van der Waals surface area contributed by atoms with Crippen molar-refractivity contribution in [3.05, 3.63) is 54.1 Å². The van der Waals surface area contributed by atoms with Gasteiger partial charge in [-0.05, 0) is 48.7 Å². The molecule has 2 aliphatic heterocycles. The molecular formula is C25H29N3O4. The molecule has 1 saturated carbocycles. The summed E-state index contributed by atoms with van der Waals surface area (Å²) in [5.41, 5.74) is 2.53. The molecule has 5 rings (SSSR count). The van der Waals surface area contributed by atoms with E-state index in [1.807, 2.05) is 29.2 Å². The van der Waals surface area contributed by atoms with Crippen LogP contribution in [0.5, 0.6) is 5.75 Å². The molecule has 32 heavy (non-hydrogen) atoms. The van der Waals surface area contributed by atoms with Gasteiger partial charge in [0, 0.05) is 29.8 Å². The summed E-state index contributed by atoms with van der Waals surface area (Å²) >= 11 is 0. The third-order valence-corrected chi connectivity index (χ3v) is 7.23. The van der Waals surface area contributed by atoms with Crippen LogP contribution in [0.2, 0.25) is 0 Å². The molecule has 0 unspecified atom stereocenters. The number of para-hydroxylation sites is 1. The molecule has 3 amide bonds. The van der Waals surface area contributed by atoms with Gasteiger partial charge < -0.3 is 20.1 Å². The van der Waals surface area contributed by atoms with Gasteiger partial charge in [-0.25, -0.2) is 4.79 Å². The Labute approximate surface area is 188 Å². The first-order chi connectivity index (χ1) is 15.6. The Balaban J connectivity index is 1.42. The normalized spacial score (nSPS) is 24.4. The Morgan fingerprint density at radius 1 is 1.09 bits per heavy atom. The number of benzene rings is 2. The summed E-state index contributed by atoms with van der Waals surface area (Å²) in [4.78, 5) is 30.1. The molecule has 7 heteroatoms. The Bertz CT molecular complexity index is 1000. The monoisotopic (exact) mass is 435 g/mol. The lowest BCUT2D eigenvalue weighted by Gasteiger charge is -2.59. The first-order valence-corrected chi connectivity index (χ1v) is 11.4. The molecule has 1 aliphatic carbocycles. The van der Waals surface area contributed by atoms with Gasteiger partial charge in [0.1, 0.15) is 5.75 Å². The van der Waals surface area contributed by atoms with Crippen molar-refractivity contribution in [2.75, 3.05) is 30.5 Å². The molecule has 2 aromatic carbocycles. The second-order valence-corrected chi connectivity index (χ2v) is 8.90. The van der Waals surface area contributed by atoms with Gasteiger partial charge in [0.15, 0.2) is 0 Å².